The molecule has 1 atom stereocenters. The van der Waals surface area contributed by atoms with Crippen molar-refractivity contribution < 1.29 is 19.2 Å². The summed E-state index contributed by atoms with van der Waals surface area (Å²) in [7, 11) is 0. The Morgan fingerprint density at radius 1 is 1.00 bits per heavy atom. The first kappa shape index (κ1) is 19.9. The average molecular weight is 404 g/mol. The molecule has 3 aromatic carbocycles. The fourth-order valence-electron chi connectivity index (χ4n) is 3.76. The molecule has 0 saturated carbocycles. The summed E-state index contributed by atoms with van der Waals surface area (Å²) in [6, 6.07) is 21.0. The molecule has 0 unspecified atom stereocenters. The van der Waals surface area contributed by atoms with E-state index in [1.807, 2.05) is 6.07 Å². The lowest BCUT2D eigenvalue weighted by Gasteiger charge is -2.18. The van der Waals surface area contributed by atoms with Gasteiger partial charge in [0.1, 0.15) is 29.7 Å². The molecule has 152 valence electrons. The third-order valence-corrected chi connectivity index (χ3v) is 5.34. The van der Waals surface area contributed by atoms with Crippen LogP contribution < -0.4 is 10.9 Å². The summed E-state index contributed by atoms with van der Waals surface area (Å²) in [5.74, 6) is -0.238. The molecule has 0 amide bonds. The lowest BCUT2D eigenvalue weighted by Crippen LogP contribution is -2.84. The van der Waals surface area contributed by atoms with Gasteiger partial charge in [0.15, 0.2) is 0 Å². The normalized spacial score (nSPS) is 12.2. The Bertz CT molecular complexity index is 1230. The van der Waals surface area contributed by atoms with Crippen molar-refractivity contribution in [3.8, 4) is 5.75 Å². The Morgan fingerprint density at radius 3 is 2.53 bits per heavy atom. The Hall–Kier alpha value is -3.44. The van der Waals surface area contributed by atoms with Gasteiger partial charge in [0.05, 0.1) is 0 Å². The van der Waals surface area contributed by atoms with Crippen LogP contribution in [-0.2, 0) is 13.0 Å². The fourth-order valence-corrected chi connectivity index (χ4v) is 3.76. The van der Waals surface area contributed by atoms with E-state index in [0.717, 1.165) is 28.5 Å². The molecule has 30 heavy (non-hydrogen) atoms. The number of phenols is 1. The molecular weight excluding hydrogens is 381 g/mol. The number of rotatable bonds is 6. The van der Waals surface area contributed by atoms with E-state index in [2.05, 4.69) is 36.5 Å². The number of nitrogens with two attached hydrogens (primary N) is 1. The summed E-state index contributed by atoms with van der Waals surface area (Å²) in [4.78, 5) is 12.0. The highest BCUT2D eigenvalue weighted by Crippen LogP contribution is 2.23. The van der Waals surface area contributed by atoms with Gasteiger partial charge in [-0.2, -0.15) is 0 Å². The number of fused-ring (bicyclic) bond motifs is 1. The van der Waals surface area contributed by atoms with Crippen LogP contribution >= 0.6 is 0 Å². The topological polar surface area (TPSA) is 67.0 Å². The summed E-state index contributed by atoms with van der Waals surface area (Å²) in [6.45, 7) is 2.60. The van der Waals surface area contributed by atoms with Gasteiger partial charge in [0.25, 0.3) is 0 Å². The van der Waals surface area contributed by atoms with Gasteiger partial charge < -0.3 is 14.8 Å². The summed E-state index contributed by atoms with van der Waals surface area (Å²) < 4.78 is 19.2. The van der Waals surface area contributed by atoms with Crippen molar-refractivity contribution in [3.05, 3.63) is 111 Å². The van der Waals surface area contributed by atoms with Crippen molar-refractivity contribution in [1.29, 1.82) is 0 Å². The van der Waals surface area contributed by atoms with Crippen LogP contribution in [0.25, 0.3) is 11.0 Å². The van der Waals surface area contributed by atoms with E-state index in [-0.39, 0.29) is 17.6 Å². The Kier molecular flexibility index (Phi) is 5.63. The van der Waals surface area contributed by atoms with Crippen molar-refractivity contribution in [2.75, 3.05) is 0 Å². The minimum atomic E-state index is -0.467. The first-order valence-electron chi connectivity index (χ1n) is 9.97. The Labute approximate surface area is 173 Å². The Balaban J connectivity index is 1.70. The molecule has 3 N–H and O–H groups in total. The average Bonchev–Trinajstić information content (AvgIpc) is 2.74. The van der Waals surface area contributed by atoms with Crippen LogP contribution in [0.4, 0.5) is 4.39 Å². The quantitative estimate of drug-likeness (QED) is 0.477. The van der Waals surface area contributed by atoms with Crippen LogP contribution in [0.1, 0.15) is 35.2 Å². The minimum Gasteiger partial charge on any atom is -0.508 e. The second-order valence-electron chi connectivity index (χ2n) is 7.34. The van der Waals surface area contributed by atoms with Crippen LogP contribution in [0.5, 0.6) is 5.75 Å². The Morgan fingerprint density at radius 2 is 1.80 bits per heavy atom. The highest BCUT2D eigenvalue weighted by molar-refractivity contribution is 5.81. The third-order valence-electron chi connectivity index (χ3n) is 5.34. The van der Waals surface area contributed by atoms with Crippen LogP contribution in [0, 0.1) is 5.82 Å². The van der Waals surface area contributed by atoms with Gasteiger partial charge in [-0.15, -0.1) is 0 Å². The van der Waals surface area contributed by atoms with E-state index in [0.29, 0.717) is 12.1 Å². The highest BCUT2D eigenvalue weighted by Gasteiger charge is 2.19. The van der Waals surface area contributed by atoms with Gasteiger partial charge in [-0.1, -0.05) is 43.3 Å². The first-order valence-corrected chi connectivity index (χ1v) is 9.97. The maximum Gasteiger partial charge on any atom is 0.336 e. The largest absolute Gasteiger partial charge is 0.508 e. The predicted molar refractivity (Wildman–Crippen MR) is 114 cm³/mol. The molecule has 4 rings (SSSR count). The van der Waals surface area contributed by atoms with Crippen molar-refractivity contribution in [1.82, 2.24) is 0 Å². The number of aryl methyl sites for hydroxylation is 1. The monoisotopic (exact) mass is 404 g/mol. The number of hydrogen-bond acceptors (Lipinski definition) is 3. The van der Waals surface area contributed by atoms with Crippen LogP contribution in [0.15, 0.2) is 82.0 Å². The maximum atomic E-state index is 13.9. The predicted octanol–water partition coefficient (Wildman–Crippen LogP) is 4.05. The SMILES string of the molecule is CCc1ccc([C@H]([NH2+]Cc2cc(=O)oc3cc(O)ccc23)c2cccc(F)c2)cc1. The summed E-state index contributed by atoms with van der Waals surface area (Å²) >= 11 is 0. The number of hydrogen-bond donors (Lipinski definition) is 2. The molecule has 0 spiro atoms. The van der Waals surface area contributed by atoms with E-state index < -0.39 is 5.63 Å². The van der Waals surface area contributed by atoms with Crippen molar-refractivity contribution in [2.45, 2.75) is 25.9 Å². The van der Waals surface area contributed by atoms with Crippen molar-refractivity contribution >= 4 is 11.0 Å². The molecule has 1 heterocycles. The van der Waals surface area contributed by atoms with Gasteiger partial charge in [0, 0.05) is 34.2 Å². The van der Waals surface area contributed by atoms with E-state index in [4.69, 9.17) is 4.42 Å². The van der Waals surface area contributed by atoms with E-state index in [1.165, 1.54) is 23.8 Å². The molecule has 4 aromatic rings. The van der Waals surface area contributed by atoms with Crippen LogP contribution in [0.3, 0.4) is 0 Å². The highest BCUT2D eigenvalue weighted by atomic mass is 19.1. The van der Waals surface area contributed by atoms with E-state index in [1.54, 1.807) is 24.3 Å². The fraction of sp³-hybridized carbons (Fsp3) is 0.160. The molecule has 0 aliphatic rings. The second-order valence-corrected chi connectivity index (χ2v) is 7.34. The zero-order valence-corrected chi connectivity index (χ0v) is 16.6. The molecule has 0 saturated heterocycles. The van der Waals surface area contributed by atoms with Gasteiger partial charge in [0.2, 0.25) is 0 Å². The van der Waals surface area contributed by atoms with Crippen LogP contribution in [-0.4, -0.2) is 5.11 Å². The van der Waals surface area contributed by atoms with Crippen LogP contribution in [0.2, 0.25) is 0 Å². The standard InChI is InChI=1S/C25H22FNO3/c1-2-16-6-8-17(9-7-16)25(18-4-3-5-20(26)12-18)27-15-19-13-24(29)30-23-14-21(28)10-11-22(19)23/h3-14,25,27-28H,2,15H2,1H3/p+1/t25-/m0/s1. The molecular formula is C25H23FNO3+. The minimum absolute atomic E-state index is 0.0421. The van der Waals surface area contributed by atoms with Gasteiger partial charge in [-0.3, -0.25) is 0 Å². The first-order chi connectivity index (χ1) is 14.5. The van der Waals surface area contributed by atoms with Crippen molar-refractivity contribution in [3.63, 3.8) is 0 Å². The second kappa shape index (κ2) is 8.51. The molecule has 0 aliphatic carbocycles. The summed E-state index contributed by atoms with van der Waals surface area (Å²) in [5, 5.41) is 12.5. The number of phenolic OH excluding ortho intramolecular Hbond substituents is 1. The zero-order chi connectivity index (χ0) is 21.1. The van der Waals surface area contributed by atoms with Gasteiger partial charge in [-0.25, -0.2) is 9.18 Å². The van der Waals surface area contributed by atoms with E-state index >= 15 is 0 Å². The maximum absolute atomic E-state index is 13.9. The smallest absolute Gasteiger partial charge is 0.336 e. The van der Waals surface area contributed by atoms with Crippen molar-refractivity contribution in [2.24, 2.45) is 0 Å². The molecule has 0 fully saturated rings. The van der Waals surface area contributed by atoms with Gasteiger partial charge in [-0.05, 0) is 36.2 Å². The van der Waals surface area contributed by atoms with E-state index in [9.17, 15) is 14.3 Å². The molecule has 4 nitrogen and oxygen atoms in total. The lowest BCUT2D eigenvalue weighted by atomic mass is 9.96. The number of benzene rings is 3. The molecule has 0 aliphatic heterocycles. The third kappa shape index (κ3) is 4.26. The number of quaternary nitrogens is 1. The number of halogens is 1. The molecule has 0 radical (unpaired) electrons. The molecule has 5 heteroatoms. The van der Waals surface area contributed by atoms with Gasteiger partial charge >= 0.3 is 5.63 Å². The molecule has 1 aromatic heterocycles. The summed E-state index contributed by atoms with van der Waals surface area (Å²) in [5.41, 5.74) is 3.83. The summed E-state index contributed by atoms with van der Waals surface area (Å²) in [6.07, 6.45) is 0.952. The lowest BCUT2D eigenvalue weighted by molar-refractivity contribution is -0.702. The molecule has 0 bridgehead atoms. The zero-order valence-electron chi connectivity index (χ0n) is 16.6. The number of aromatic hydroxyl groups is 1.